The molecule has 1 N–H and O–H groups in total. The van der Waals surface area contributed by atoms with Gasteiger partial charge in [0, 0.05) is 31.2 Å². The van der Waals surface area contributed by atoms with E-state index in [1.165, 1.54) is 31.4 Å². The van der Waals surface area contributed by atoms with Crippen LogP contribution in [-0.2, 0) is 20.8 Å². The van der Waals surface area contributed by atoms with Crippen LogP contribution in [0.15, 0.2) is 41.5 Å². The van der Waals surface area contributed by atoms with E-state index in [0.29, 0.717) is 43.8 Å². The highest BCUT2D eigenvalue weighted by atomic mass is 19.1. The molecule has 1 aromatic carbocycles. The number of carbonyl (C=O) groups is 2. The summed E-state index contributed by atoms with van der Waals surface area (Å²) in [5.74, 6) is -1.16. The van der Waals surface area contributed by atoms with Crippen molar-refractivity contribution in [2.75, 3.05) is 33.4 Å². The molecule has 1 amide bonds. The van der Waals surface area contributed by atoms with E-state index in [9.17, 15) is 14.0 Å². The molecular weight excluding hydrogens is 465 g/mol. The Morgan fingerprint density at radius 2 is 1.89 bits per heavy atom. The minimum absolute atomic E-state index is 0.0538. The quantitative estimate of drug-likeness (QED) is 0.546. The number of esters is 1. The summed E-state index contributed by atoms with van der Waals surface area (Å²) in [6.45, 7) is 3.85. The summed E-state index contributed by atoms with van der Waals surface area (Å²) in [7, 11) is 1.42. The van der Waals surface area contributed by atoms with Gasteiger partial charge in [-0.15, -0.1) is 0 Å². The SMILES string of the molecule is COC(=O)[C@H]1CC[C@@H](n2/c(=N/C(=O)c3ccc(F)cc3)[nH]c3cnc(CN4CCOCC4)cc32)CC1. The number of nitrogens with one attached hydrogen (secondary N) is 1. The lowest BCUT2D eigenvalue weighted by molar-refractivity contribution is -0.146. The zero-order valence-corrected chi connectivity index (χ0v) is 20.3. The summed E-state index contributed by atoms with van der Waals surface area (Å²) in [6.07, 6.45) is 4.70. The van der Waals surface area contributed by atoms with Gasteiger partial charge in [0.2, 0.25) is 5.62 Å². The van der Waals surface area contributed by atoms with E-state index in [2.05, 4.69) is 30.5 Å². The van der Waals surface area contributed by atoms with Crippen molar-refractivity contribution in [1.82, 2.24) is 19.4 Å². The third kappa shape index (κ3) is 5.24. The molecule has 2 aliphatic rings. The lowest BCUT2D eigenvalue weighted by Crippen LogP contribution is -2.35. The fraction of sp³-hybridized carbons (Fsp3) is 0.462. The molecule has 0 unspecified atom stereocenters. The average molecular weight is 496 g/mol. The number of H-pyrrole nitrogens is 1. The van der Waals surface area contributed by atoms with Gasteiger partial charge in [0.15, 0.2) is 0 Å². The van der Waals surface area contributed by atoms with Gasteiger partial charge in [-0.2, -0.15) is 4.99 Å². The largest absolute Gasteiger partial charge is 0.469 e. The molecule has 1 saturated carbocycles. The Bertz CT molecular complexity index is 1300. The number of pyridine rings is 1. The van der Waals surface area contributed by atoms with Crippen LogP contribution in [0.2, 0.25) is 0 Å². The number of halogens is 1. The molecule has 3 heterocycles. The number of imidazole rings is 1. The summed E-state index contributed by atoms with van der Waals surface area (Å²) >= 11 is 0. The first-order chi connectivity index (χ1) is 17.5. The van der Waals surface area contributed by atoms with Gasteiger partial charge >= 0.3 is 5.97 Å². The monoisotopic (exact) mass is 495 g/mol. The number of methoxy groups -OCH3 is 1. The molecule has 5 rings (SSSR count). The Labute approximate surface area is 207 Å². The number of hydrogen-bond donors (Lipinski definition) is 1. The number of nitrogens with zero attached hydrogens (tertiary/aromatic N) is 4. The second kappa shape index (κ2) is 10.7. The molecule has 1 saturated heterocycles. The Kier molecular flexibility index (Phi) is 7.24. The maximum Gasteiger partial charge on any atom is 0.308 e. The first-order valence-corrected chi connectivity index (χ1v) is 12.3. The van der Waals surface area contributed by atoms with Crippen molar-refractivity contribution in [2.45, 2.75) is 38.3 Å². The molecule has 0 bridgehead atoms. The van der Waals surface area contributed by atoms with E-state index in [-0.39, 0.29) is 17.9 Å². The first-order valence-electron chi connectivity index (χ1n) is 12.3. The lowest BCUT2D eigenvalue weighted by Gasteiger charge is -2.28. The van der Waals surface area contributed by atoms with Crippen LogP contribution in [0.1, 0.15) is 47.8 Å². The molecule has 2 aromatic heterocycles. The van der Waals surface area contributed by atoms with Gasteiger partial charge in [0.25, 0.3) is 5.91 Å². The molecule has 190 valence electrons. The van der Waals surface area contributed by atoms with Crippen LogP contribution in [-0.4, -0.2) is 64.7 Å². The Morgan fingerprint density at radius 1 is 1.17 bits per heavy atom. The fourth-order valence-electron chi connectivity index (χ4n) is 5.09. The molecule has 2 fully saturated rings. The standard InChI is InChI=1S/C26H30FN5O4/c1-35-25(34)18-4-8-21(9-5-18)32-23-14-20(16-31-10-12-36-13-11-31)28-15-22(23)29-26(32)30-24(33)17-2-6-19(27)7-3-17/h2-3,6-7,14-15,18,21H,4-5,8-13,16H2,1H3,(H,29,30,33)/t18-,21+. The third-order valence-electron chi connectivity index (χ3n) is 7.06. The maximum absolute atomic E-state index is 13.3. The van der Waals surface area contributed by atoms with Gasteiger partial charge in [-0.1, -0.05) is 0 Å². The second-order valence-corrected chi connectivity index (χ2v) is 9.35. The van der Waals surface area contributed by atoms with Crippen LogP contribution in [0.4, 0.5) is 4.39 Å². The van der Waals surface area contributed by atoms with Crippen LogP contribution < -0.4 is 5.62 Å². The van der Waals surface area contributed by atoms with Crippen molar-refractivity contribution in [3.63, 3.8) is 0 Å². The smallest absolute Gasteiger partial charge is 0.308 e. The highest BCUT2D eigenvalue weighted by Crippen LogP contribution is 2.33. The van der Waals surface area contributed by atoms with Gasteiger partial charge in [0.05, 0.1) is 49.2 Å². The Hall–Kier alpha value is -3.37. The molecule has 0 atom stereocenters. The molecular formula is C26H30FN5O4. The number of rotatable bonds is 5. The van der Waals surface area contributed by atoms with Crippen molar-refractivity contribution in [1.29, 1.82) is 0 Å². The zero-order valence-electron chi connectivity index (χ0n) is 20.3. The number of fused-ring (bicyclic) bond motifs is 1. The number of aromatic amines is 1. The molecule has 0 spiro atoms. The number of amides is 1. The summed E-state index contributed by atoms with van der Waals surface area (Å²) < 4.78 is 25.8. The lowest BCUT2D eigenvalue weighted by atomic mass is 9.86. The first kappa shape index (κ1) is 24.3. The molecule has 3 aromatic rings. The normalized spacial score (nSPS) is 21.6. The summed E-state index contributed by atoms with van der Waals surface area (Å²) in [4.78, 5) is 39.6. The average Bonchev–Trinajstić information content (AvgIpc) is 3.26. The van der Waals surface area contributed by atoms with Crippen molar-refractivity contribution in [2.24, 2.45) is 10.9 Å². The minimum atomic E-state index is -0.458. The number of morpholine rings is 1. The van der Waals surface area contributed by atoms with Crippen LogP contribution in [0.25, 0.3) is 11.0 Å². The van der Waals surface area contributed by atoms with Crippen molar-refractivity contribution >= 4 is 22.9 Å². The predicted molar refractivity (Wildman–Crippen MR) is 129 cm³/mol. The Morgan fingerprint density at radius 3 is 2.58 bits per heavy atom. The number of benzene rings is 1. The summed E-state index contributed by atoms with van der Waals surface area (Å²) in [5, 5.41) is 0. The van der Waals surface area contributed by atoms with Crippen LogP contribution in [0.3, 0.4) is 0 Å². The molecule has 36 heavy (non-hydrogen) atoms. The summed E-state index contributed by atoms with van der Waals surface area (Å²) in [6, 6.07) is 7.46. The van der Waals surface area contributed by atoms with E-state index in [0.717, 1.165) is 42.7 Å². The number of carbonyl (C=O) groups excluding carboxylic acids is 2. The topological polar surface area (TPSA) is 102 Å². The zero-order chi connectivity index (χ0) is 25.1. The van der Waals surface area contributed by atoms with Crippen molar-refractivity contribution in [3.8, 4) is 0 Å². The van der Waals surface area contributed by atoms with E-state index < -0.39 is 11.7 Å². The second-order valence-electron chi connectivity index (χ2n) is 9.35. The van der Waals surface area contributed by atoms with Crippen LogP contribution in [0.5, 0.6) is 0 Å². The van der Waals surface area contributed by atoms with Gasteiger partial charge < -0.3 is 19.0 Å². The van der Waals surface area contributed by atoms with Gasteiger partial charge in [-0.3, -0.25) is 19.5 Å². The highest BCUT2D eigenvalue weighted by Gasteiger charge is 2.29. The molecule has 0 radical (unpaired) electrons. The van der Waals surface area contributed by atoms with E-state index in [1.807, 2.05) is 0 Å². The van der Waals surface area contributed by atoms with E-state index in [4.69, 9.17) is 9.47 Å². The van der Waals surface area contributed by atoms with Gasteiger partial charge in [0.1, 0.15) is 5.82 Å². The molecule has 9 nitrogen and oxygen atoms in total. The summed E-state index contributed by atoms with van der Waals surface area (Å²) in [5.41, 5.74) is 3.35. The van der Waals surface area contributed by atoms with E-state index >= 15 is 0 Å². The van der Waals surface area contributed by atoms with Crippen LogP contribution in [0, 0.1) is 11.7 Å². The third-order valence-corrected chi connectivity index (χ3v) is 7.06. The number of aromatic nitrogens is 3. The van der Waals surface area contributed by atoms with E-state index in [1.54, 1.807) is 6.20 Å². The molecule has 10 heteroatoms. The Balaban J connectivity index is 1.51. The highest BCUT2D eigenvalue weighted by molar-refractivity contribution is 5.94. The minimum Gasteiger partial charge on any atom is -0.469 e. The number of ether oxygens (including phenoxy) is 2. The van der Waals surface area contributed by atoms with Gasteiger partial charge in [-0.25, -0.2) is 4.39 Å². The number of hydrogen-bond acceptors (Lipinski definition) is 6. The maximum atomic E-state index is 13.3. The van der Waals surface area contributed by atoms with Crippen molar-refractivity contribution in [3.05, 3.63) is 59.2 Å². The van der Waals surface area contributed by atoms with Crippen molar-refractivity contribution < 1.29 is 23.5 Å². The predicted octanol–water partition coefficient (Wildman–Crippen LogP) is 2.98. The molecule has 1 aliphatic carbocycles. The molecule has 1 aliphatic heterocycles. The van der Waals surface area contributed by atoms with Gasteiger partial charge in [-0.05, 0) is 56.0 Å². The fourth-order valence-corrected chi connectivity index (χ4v) is 5.09. The van der Waals surface area contributed by atoms with Crippen LogP contribution >= 0.6 is 0 Å².